The number of pyridine rings is 1. The van der Waals surface area contributed by atoms with Crippen molar-refractivity contribution in [2.45, 2.75) is 12.5 Å². The molecule has 2 rings (SSSR count). The highest BCUT2D eigenvalue weighted by molar-refractivity contribution is 8.14. The summed E-state index contributed by atoms with van der Waals surface area (Å²) in [5.74, 6) is 0.945. The lowest BCUT2D eigenvalue weighted by atomic mass is 10.1. The summed E-state index contributed by atoms with van der Waals surface area (Å²) >= 11 is 1.68. The monoisotopic (exact) mass is 203 g/mol. The molecule has 1 aliphatic heterocycles. The van der Waals surface area contributed by atoms with Crippen LogP contribution < -0.4 is 0 Å². The minimum atomic E-state index is 0.214. The molecule has 0 spiro atoms. The van der Waals surface area contributed by atoms with Crippen LogP contribution in [0.3, 0.4) is 0 Å². The van der Waals surface area contributed by atoms with Crippen LogP contribution in [0.1, 0.15) is 18.0 Å². The van der Waals surface area contributed by atoms with E-state index in [0.717, 1.165) is 10.8 Å². The van der Waals surface area contributed by atoms with Gasteiger partial charge in [0, 0.05) is 18.1 Å². The standard InChI is InChI=1S/C10H9N3S/c11-4-1-10-13-9(7-14-10)8-2-5-12-6-3-8/h2-3,5-6,9H,1,7H2. The van der Waals surface area contributed by atoms with Crippen LogP contribution in [0.15, 0.2) is 29.5 Å². The van der Waals surface area contributed by atoms with E-state index in [0.29, 0.717) is 6.42 Å². The van der Waals surface area contributed by atoms with Gasteiger partial charge in [0.05, 0.1) is 23.6 Å². The minimum absolute atomic E-state index is 0.214. The van der Waals surface area contributed by atoms with Crippen molar-refractivity contribution >= 4 is 16.8 Å². The summed E-state index contributed by atoms with van der Waals surface area (Å²) in [4.78, 5) is 8.44. The van der Waals surface area contributed by atoms with Crippen LogP contribution in [-0.2, 0) is 0 Å². The van der Waals surface area contributed by atoms with Crippen LogP contribution in [0.4, 0.5) is 0 Å². The van der Waals surface area contributed by atoms with E-state index in [2.05, 4.69) is 16.0 Å². The maximum atomic E-state index is 8.53. The fourth-order valence-electron chi connectivity index (χ4n) is 1.34. The molecule has 70 valence electrons. The lowest BCUT2D eigenvalue weighted by Gasteiger charge is -2.03. The zero-order valence-corrected chi connectivity index (χ0v) is 8.37. The first-order valence-corrected chi connectivity index (χ1v) is 5.35. The highest BCUT2D eigenvalue weighted by Gasteiger charge is 2.18. The molecule has 2 heterocycles. The molecule has 1 aromatic heterocycles. The number of aliphatic imine (C=N–C) groups is 1. The SMILES string of the molecule is N#CCC1=NC(c2ccncc2)CS1. The second-order valence-electron chi connectivity index (χ2n) is 2.97. The van der Waals surface area contributed by atoms with Gasteiger partial charge in [-0.15, -0.1) is 11.8 Å². The van der Waals surface area contributed by atoms with Crippen molar-refractivity contribution in [1.82, 2.24) is 4.98 Å². The predicted molar refractivity (Wildman–Crippen MR) is 57.1 cm³/mol. The maximum absolute atomic E-state index is 8.53. The van der Waals surface area contributed by atoms with Gasteiger partial charge in [0.1, 0.15) is 0 Å². The summed E-state index contributed by atoms with van der Waals surface area (Å²) in [7, 11) is 0. The summed E-state index contributed by atoms with van der Waals surface area (Å²) in [5, 5.41) is 9.48. The number of hydrogen-bond donors (Lipinski definition) is 0. The molecule has 4 heteroatoms. The van der Waals surface area contributed by atoms with Gasteiger partial charge in [-0.2, -0.15) is 5.26 Å². The summed E-state index contributed by atoms with van der Waals surface area (Å²) in [6, 6.07) is 6.28. The van der Waals surface area contributed by atoms with Crippen LogP contribution in [-0.4, -0.2) is 15.8 Å². The molecule has 1 unspecified atom stereocenters. The molecule has 1 aliphatic rings. The van der Waals surface area contributed by atoms with Crippen molar-refractivity contribution in [3.8, 4) is 6.07 Å². The number of rotatable bonds is 2. The summed E-state index contributed by atoms with van der Waals surface area (Å²) < 4.78 is 0. The molecule has 3 nitrogen and oxygen atoms in total. The Balaban J connectivity index is 2.13. The minimum Gasteiger partial charge on any atom is -0.273 e. The number of aromatic nitrogens is 1. The van der Waals surface area contributed by atoms with Crippen molar-refractivity contribution in [2.24, 2.45) is 4.99 Å². The third kappa shape index (κ3) is 1.94. The Morgan fingerprint density at radius 1 is 1.50 bits per heavy atom. The van der Waals surface area contributed by atoms with Gasteiger partial charge in [-0.05, 0) is 17.7 Å². The largest absolute Gasteiger partial charge is 0.273 e. The van der Waals surface area contributed by atoms with Gasteiger partial charge in [0.2, 0.25) is 0 Å². The summed E-state index contributed by atoms with van der Waals surface area (Å²) in [6.45, 7) is 0. The third-order valence-electron chi connectivity index (χ3n) is 2.03. The molecule has 0 aliphatic carbocycles. The molecule has 14 heavy (non-hydrogen) atoms. The van der Waals surface area contributed by atoms with E-state index in [1.54, 1.807) is 24.2 Å². The molecule has 1 atom stereocenters. The Kier molecular flexibility index (Phi) is 2.80. The molecule has 0 amide bonds. The van der Waals surface area contributed by atoms with Gasteiger partial charge >= 0.3 is 0 Å². The Morgan fingerprint density at radius 3 is 3.00 bits per heavy atom. The molecule has 0 radical (unpaired) electrons. The van der Waals surface area contributed by atoms with Crippen molar-refractivity contribution in [1.29, 1.82) is 5.26 Å². The van der Waals surface area contributed by atoms with Crippen molar-refractivity contribution in [2.75, 3.05) is 5.75 Å². The van der Waals surface area contributed by atoms with E-state index >= 15 is 0 Å². The summed E-state index contributed by atoms with van der Waals surface area (Å²) in [6.07, 6.45) is 3.99. The van der Waals surface area contributed by atoms with Crippen LogP contribution in [0.2, 0.25) is 0 Å². The Morgan fingerprint density at radius 2 is 2.29 bits per heavy atom. The average Bonchev–Trinajstić information content (AvgIpc) is 2.68. The summed E-state index contributed by atoms with van der Waals surface area (Å²) in [5.41, 5.74) is 1.18. The lowest BCUT2D eigenvalue weighted by molar-refractivity contribution is 0.844. The highest BCUT2D eigenvalue weighted by Crippen LogP contribution is 2.30. The second kappa shape index (κ2) is 4.25. The van der Waals surface area contributed by atoms with Gasteiger partial charge in [0.15, 0.2) is 0 Å². The quantitative estimate of drug-likeness (QED) is 0.740. The highest BCUT2D eigenvalue weighted by atomic mass is 32.2. The van der Waals surface area contributed by atoms with Crippen molar-refractivity contribution in [3.05, 3.63) is 30.1 Å². The number of thioether (sulfide) groups is 1. The molecule has 1 aromatic rings. The van der Waals surface area contributed by atoms with Gasteiger partial charge in [-0.25, -0.2) is 0 Å². The van der Waals surface area contributed by atoms with E-state index < -0.39 is 0 Å². The molecule has 0 saturated heterocycles. The number of nitrogens with zero attached hydrogens (tertiary/aromatic N) is 3. The van der Waals surface area contributed by atoms with Gasteiger partial charge in [0.25, 0.3) is 0 Å². The first kappa shape index (κ1) is 9.22. The maximum Gasteiger partial charge on any atom is 0.0854 e. The van der Waals surface area contributed by atoms with E-state index in [1.807, 2.05) is 12.1 Å². The van der Waals surface area contributed by atoms with E-state index in [1.165, 1.54) is 5.56 Å². The first-order chi connectivity index (χ1) is 6.90. The zero-order valence-electron chi connectivity index (χ0n) is 7.55. The fraction of sp³-hybridized carbons (Fsp3) is 0.300. The number of nitriles is 1. The van der Waals surface area contributed by atoms with Crippen LogP contribution in [0, 0.1) is 11.3 Å². The van der Waals surface area contributed by atoms with Crippen LogP contribution in [0.5, 0.6) is 0 Å². The predicted octanol–water partition coefficient (Wildman–Crippen LogP) is 2.18. The third-order valence-corrected chi connectivity index (χ3v) is 3.09. The Bertz CT molecular complexity index is 380. The van der Waals surface area contributed by atoms with E-state index in [-0.39, 0.29) is 6.04 Å². The van der Waals surface area contributed by atoms with E-state index in [4.69, 9.17) is 5.26 Å². The lowest BCUT2D eigenvalue weighted by Crippen LogP contribution is -1.93. The molecular weight excluding hydrogens is 194 g/mol. The molecule has 0 bridgehead atoms. The fourth-order valence-corrected chi connectivity index (χ4v) is 2.33. The van der Waals surface area contributed by atoms with E-state index in [9.17, 15) is 0 Å². The van der Waals surface area contributed by atoms with Crippen molar-refractivity contribution < 1.29 is 0 Å². The smallest absolute Gasteiger partial charge is 0.0854 e. The van der Waals surface area contributed by atoms with Gasteiger partial charge in [-0.3, -0.25) is 9.98 Å². The van der Waals surface area contributed by atoms with Gasteiger partial charge < -0.3 is 0 Å². The molecular formula is C10H9N3S. The Labute approximate surface area is 86.9 Å². The molecule has 0 N–H and O–H groups in total. The van der Waals surface area contributed by atoms with Crippen LogP contribution in [0.25, 0.3) is 0 Å². The van der Waals surface area contributed by atoms with Crippen molar-refractivity contribution in [3.63, 3.8) is 0 Å². The molecule has 0 saturated carbocycles. The normalized spacial score (nSPS) is 20.2. The molecule has 0 fully saturated rings. The average molecular weight is 203 g/mol. The number of hydrogen-bond acceptors (Lipinski definition) is 4. The van der Waals surface area contributed by atoms with Gasteiger partial charge in [-0.1, -0.05) is 0 Å². The topological polar surface area (TPSA) is 49.0 Å². The Hall–Kier alpha value is -1.34. The molecule has 0 aromatic carbocycles. The second-order valence-corrected chi connectivity index (χ2v) is 4.06. The first-order valence-electron chi connectivity index (χ1n) is 4.36. The van der Waals surface area contributed by atoms with Crippen LogP contribution >= 0.6 is 11.8 Å². The zero-order chi connectivity index (χ0) is 9.80.